The standard InChI is InChI=1S/C15H25N3O4/c1-9(2)7-18-11(4)12(10(3)17-18)6-13(19)16-8-15(5,22)14(20)21/h9,22H,6-8H2,1-5H3,(H,16,19)(H,20,21). The molecule has 7 nitrogen and oxygen atoms in total. The highest BCUT2D eigenvalue weighted by atomic mass is 16.4. The number of carbonyl (C=O) groups is 2. The number of aliphatic hydroxyl groups is 1. The third kappa shape index (κ3) is 4.56. The molecule has 0 spiro atoms. The number of amides is 1. The summed E-state index contributed by atoms with van der Waals surface area (Å²) in [6.45, 7) is 9.54. The average Bonchev–Trinajstić information content (AvgIpc) is 2.63. The molecule has 0 saturated carbocycles. The van der Waals surface area contributed by atoms with Crippen molar-refractivity contribution in [3.63, 3.8) is 0 Å². The van der Waals surface area contributed by atoms with E-state index in [1.807, 2.05) is 18.5 Å². The highest BCUT2D eigenvalue weighted by Gasteiger charge is 2.30. The second-order valence-corrected chi connectivity index (χ2v) is 6.26. The fourth-order valence-corrected chi connectivity index (χ4v) is 2.08. The maximum atomic E-state index is 12.0. The quantitative estimate of drug-likeness (QED) is 0.686. The topological polar surface area (TPSA) is 104 Å². The Morgan fingerprint density at radius 1 is 1.36 bits per heavy atom. The first-order chi connectivity index (χ1) is 10.0. The van der Waals surface area contributed by atoms with Gasteiger partial charge in [-0.05, 0) is 26.7 Å². The lowest BCUT2D eigenvalue weighted by atomic mass is 10.1. The molecule has 7 heteroatoms. The van der Waals surface area contributed by atoms with Crippen LogP contribution in [0.15, 0.2) is 0 Å². The second kappa shape index (κ2) is 6.91. The minimum Gasteiger partial charge on any atom is -0.479 e. The van der Waals surface area contributed by atoms with Gasteiger partial charge in [0, 0.05) is 17.8 Å². The average molecular weight is 311 g/mol. The lowest BCUT2D eigenvalue weighted by Crippen LogP contribution is -2.46. The van der Waals surface area contributed by atoms with Crippen LogP contribution in [0.25, 0.3) is 0 Å². The Labute approximate surface area is 130 Å². The number of aliphatic carboxylic acids is 1. The Balaban J connectivity index is 2.73. The van der Waals surface area contributed by atoms with E-state index < -0.39 is 11.6 Å². The number of hydrogen-bond donors (Lipinski definition) is 3. The molecule has 1 amide bonds. The molecular weight excluding hydrogens is 286 g/mol. The number of carbonyl (C=O) groups excluding carboxylic acids is 1. The molecule has 1 atom stereocenters. The van der Waals surface area contributed by atoms with Gasteiger partial charge in [0.2, 0.25) is 5.91 Å². The first kappa shape index (κ1) is 18.2. The second-order valence-electron chi connectivity index (χ2n) is 6.26. The summed E-state index contributed by atoms with van der Waals surface area (Å²) in [7, 11) is 0. The van der Waals surface area contributed by atoms with Gasteiger partial charge >= 0.3 is 5.97 Å². The number of nitrogens with one attached hydrogen (secondary N) is 1. The van der Waals surface area contributed by atoms with Crippen LogP contribution < -0.4 is 5.32 Å². The Morgan fingerprint density at radius 2 is 1.95 bits per heavy atom. The van der Waals surface area contributed by atoms with Crippen molar-refractivity contribution in [2.45, 2.75) is 53.2 Å². The predicted octanol–water partition coefficient (Wildman–Crippen LogP) is 0.650. The largest absolute Gasteiger partial charge is 0.479 e. The molecule has 1 aromatic heterocycles. The van der Waals surface area contributed by atoms with Gasteiger partial charge in [0.1, 0.15) is 0 Å². The van der Waals surface area contributed by atoms with E-state index >= 15 is 0 Å². The minimum atomic E-state index is -1.97. The molecule has 0 aliphatic rings. The van der Waals surface area contributed by atoms with E-state index in [4.69, 9.17) is 5.11 Å². The SMILES string of the molecule is Cc1nn(CC(C)C)c(C)c1CC(=O)NCC(C)(O)C(=O)O. The summed E-state index contributed by atoms with van der Waals surface area (Å²) in [4.78, 5) is 22.8. The van der Waals surface area contributed by atoms with Crippen LogP contribution >= 0.6 is 0 Å². The molecule has 0 fully saturated rings. The van der Waals surface area contributed by atoms with Gasteiger partial charge in [0.25, 0.3) is 0 Å². The van der Waals surface area contributed by atoms with Gasteiger partial charge in [0.15, 0.2) is 5.60 Å². The summed E-state index contributed by atoms with van der Waals surface area (Å²) in [5.74, 6) is -1.26. The van der Waals surface area contributed by atoms with Crippen LogP contribution in [0.3, 0.4) is 0 Å². The maximum absolute atomic E-state index is 12.0. The van der Waals surface area contributed by atoms with Crippen LogP contribution in [-0.2, 0) is 22.6 Å². The van der Waals surface area contributed by atoms with E-state index in [1.54, 1.807) is 0 Å². The number of hydrogen-bond acceptors (Lipinski definition) is 4. The first-order valence-electron chi connectivity index (χ1n) is 7.30. The molecule has 1 heterocycles. The zero-order valence-electron chi connectivity index (χ0n) is 13.8. The molecule has 0 aromatic carbocycles. The monoisotopic (exact) mass is 311 g/mol. The molecule has 3 N–H and O–H groups in total. The Hall–Kier alpha value is -1.89. The van der Waals surface area contributed by atoms with Crippen molar-refractivity contribution in [1.82, 2.24) is 15.1 Å². The van der Waals surface area contributed by atoms with Crippen molar-refractivity contribution < 1.29 is 19.8 Å². The Morgan fingerprint density at radius 3 is 2.45 bits per heavy atom. The lowest BCUT2D eigenvalue weighted by molar-refractivity contribution is -0.156. The fourth-order valence-electron chi connectivity index (χ4n) is 2.08. The van der Waals surface area contributed by atoms with Gasteiger partial charge in [-0.1, -0.05) is 13.8 Å². The van der Waals surface area contributed by atoms with Crippen LogP contribution in [-0.4, -0.2) is 44.0 Å². The van der Waals surface area contributed by atoms with Gasteiger partial charge in [-0.15, -0.1) is 0 Å². The summed E-state index contributed by atoms with van der Waals surface area (Å²) in [5, 5.41) is 25.3. The number of carboxylic acid groups (broad SMARTS) is 1. The van der Waals surface area contributed by atoms with Crippen LogP contribution in [0.1, 0.15) is 37.7 Å². The molecule has 1 unspecified atom stereocenters. The molecule has 124 valence electrons. The molecule has 22 heavy (non-hydrogen) atoms. The smallest absolute Gasteiger partial charge is 0.337 e. The highest BCUT2D eigenvalue weighted by Crippen LogP contribution is 2.15. The molecule has 0 saturated heterocycles. The maximum Gasteiger partial charge on any atom is 0.337 e. The van der Waals surface area contributed by atoms with Gasteiger partial charge < -0.3 is 15.5 Å². The van der Waals surface area contributed by atoms with E-state index in [-0.39, 0.29) is 18.9 Å². The number of carboxylic acids is 1. The molecule has 1 aromatic rings. The minimum absolute atomic E-state index is 0.117. The molecule has 0 aliphatic carbocycles. The van der Waals surface area contributed by atoms with Gasteiger partial charge in [-0.2, -0.15) is 5.10 Å². The fraction of sp³-hybridized carbons (Fsp3) is 0.667. The normalized spacial score (nSPS) is 14.0. The van der Waals surface area contributed by atoms with Crippen LogP contribution in [0.4, 0.5) is 0 Å². The number of aromatic nitrogens is 2. The summed E-state index contributed by atoms with van der Waals surface area (Å²) >= 11 is 0. The van der Waals surface area contributed by atoms with Crippen molar-refractivity contribution in [2.24, 2.45) is 5.92 Å². The molecule has 1 rings (SSSR count). The van der Waals surface area contributed by atoms with Crippen molar-refractivity contribution in [2.75, 3.05) is 6.54 Å². The Bertz CT molecular complexity index is 561. The molecule has 0 aliphatic heterocycles. The van der Waals surface area contributed by atoms with Crippen LogP contribution in [0, 0.1) is 19.8 Å². The van der Waals surface area contributed by atoms with Gasteiger partial charge in [-0.25, -0.2) is 4.79 Å². The predicted molar refractivity (Wildman–Crippen MR) is 81.5 cm³/mol. The number of rotatable bonds is 7. The van der Waals surface area contributed by atoms with E-state index in [9.17, 15) is 14.7 Å². The van der Waals surface area contributed by atoms with E-state index in [0.29, 0.717) is 5.92 Å². The zero-order valence-corrected chi connectivity index (χ0v) is 13.8. The molecule has 0 bridgehead atoms. The van der Waals surface area contributed by atoms with Crippen LogP contribution in [0.5, 0.6) is 0 Å². The van der Waals surface area contributed by atoms with Crippen molar-refractivity contribution in [3.05, 3.63) is 17.0 Å². The number of aryl methyl sites for hydroxylation is 1. The van der Waals surface area contributed by atoms with E-state index in [0.717, 1.165) is 30.4 Å². The first-order valence-corrected chi connectivity index (χ1v) is 7.30. The third-order valence-corrected chi connectivity index (χ3v) is 3.50. The van der Waals surface area contributed by atoms with E-state index in [2.05, 4.69) is 24.3 Å². The summed E-state index contributed by atoms with van der Waals surface area (Å²) in [5.41, 5.74) is 0.597. The van der Waals surface area contributed by atoms with Crippen LogP contribution in [0.2, 0.25) is 0 Å². The van der Waals surface area contributed by atoms with Gasteiger partial charge in [-0.3, -0.25) is 9.48 Å². The Kier molecular flexibility index (Phi) is 5.71. The molecular formula is C15H25N3O4. The van der Waals surface area contributed by atoms with E-state index in [1.165, 1.54) is 0 Å². The lowest BCUT2D eigenvalue weighted by Gasteiger charge is -2.18. The van der Waals surface area contributed by atoms with Crippen molar-refractivity contribution in [1.29, 1.82) is 0 Å². The summed E-state index contributed by atoms with van der Waals surface area (Å²) in [6.07, 6.45) is 0.117. The molecule has 0 radical (unpaired) electrons. The zero-order chi connectivity index (χ0) is 17.1. The summed E-state index contributed by atoms with van der Waals surface area (Å²) < 4.78 is 1.88. The highest BCUT2D eigenvalue weighted by molar-refractivity contribution is 5.81. The van der Waals surface area contributed by atoms with Crippen molar-refractivity contribution in [3.8, 4) is 0 Å². The summed E-state index contributed by atoms with van der Waals surface area (Å²) in [6, 6.07) is 0. The third-order valence-electron chi connectivity index (χ3n) is 3.50. The van der Waals surface area contributed by atoms with Crippen molar-refractivity contribution >= 4 is 11.9 Å². The number of nitrogens with zero attached hydrogens (tertiary/aromatic N) is 2. The van der Waals surface area contributed by atoms with Gasteiger partial charge in [0.05, 0.1) is 18.7 Å².